The first-order valence-electron chi connectivity index (χ1n) is 4.87. The predicted octanol–water partition coefficient (Wildman–Crippen LogP) is 1.12. The highest BCUT2D eigenvalue weighted by molar-refractivity contribution is 5.79. The van der Waals surface area contributed by atoms with Gasteiger partial charge in [-0.2, -0.15) is 0 Å². The van der Waals surface area contributed by atoms with Crippen molar-refractivity contribution in [2.45, 2.75) is 6.04 Å². The van der Waals surface area contributed by atoms with Crippen molar-refractivity contribution in [2.75, 3.05) is 20.3 Å². The van der Waals surface area contributed by atoms with Crippen LogP contribution in [-0.4, -0.2) is 26.2 Å². The van der Waals surface area contributed by atoms with Crippen LogP contribution >= 0.6 is 0 Å². The average molecular weight is 206 g/mol. The van der Waals surface area contributed by atoms with Gasteiger partial charge in [-0.25, -0.2) is 4.99 Å². The summed E-state index contributed by atoms with van der Waals surface area (Å²) in [5.74, 6) is 1.46. The summed E-state index contributed by atoms with van der Waals surface area (Å²) in [7, 11) is 1.65. The van der Waals surface area contributed by atoms with Crippen LogP contribution in [0.1, 0.15) is 11.6 Å². The van der Waals surface area contributed by atoms with Gasteiger partial charge in [0.1, 0.15) is 18.4 Å². The van der Waals surface area contributed by atoms with Crippen molar-refractivity contribution in [3.63, 3.8) is 0 Å². The van der Waals surface area contributed by atoms with Crippen LogP contribution < -0.4 is 10.5 Å². The zero-order valence-corrected chi connectivity index (χ0v) is 8.64. The van der Waals surface area contributed by atoms with Crippen molar-refractivity contribution in [1.29, 1.82) is 0 Å². The van der Waals surface area contributed by atoms with Gasteiger partial charge < -0.3 is 15.2 Å². The molecule has 2 rings (SSSR count). The molecular formula is C11H14N2O2. The molecule has 0 saturated heterocycles. The third-order valence-electron chi connectivity index (χ3n) is 2.38. The van der Waals surface area contributed by atoms with Gasteiger partial charge in [0.2, 0.25) is 0 Å². The standard InChI is InChI=1S/C11H14N2O2/c1-14-10-5-3-2-4-8(10)9-7-15-11(6-12)13-9/h2-5,9H,6-7,12H2,1H3. The lowest BCUT2D eigenvalue weighted by atomic mass is 10.1. The van der Waals surface area contributed by atoms with Gasteiger partial charge in [0.05, 0.1) is 13.7 Å². The Morgan fingerprint density at radius 1 is 1.53 bits per heavy atom. The summed E-state index contributed by atoms with van der Waals surface area (Å²) in [4.78, 5) is 4.37. The molecule has 4 heteroatoms. The summed E-state index contributed by atoms with van der Waals surface area (Å²) >= 11 is 0. The number of methoxy groups -OCH3 is 1. The second-order valence-electron chi connectivity index (χ2n) is 3.30. The summed E-state index contributed by atoms with van der Waals surface area (Å²) in [5.41, 5.74) is 6.50. The number of aliphatic imine (C=N–C) groups is 1. The topological polar surface area (TPSA) is 56.8 Å². The predicted molar refractivity (Wildman–Crippen MR) is 58.2 cm³/mol. The fraction of sp³-hybridized carbons (Fsp3) is 0.364. The van der Waals surface area contributed by atoms with Crippen molar-refractivity contribution < 1.29 is 9.47 Å². The van der Waals surface area contributed by atoms with Gasteiger partial charge in [-0.05, 0) is 6.07 Å². The van der Waals surface area contributed by atoms with E-state index in [4.69, 9.17) is 15.2 Å². The summed E-state index contributed by atoms with van der Waals surface area (Å²) < 4.78 is 10.6. The molecule has 1 atom stereocenters. The minimum atomic E-state index is 0.0136. The number of rotatable bonds is 3. The molecule has 0 aliphatic carbocycles. The van der Waals surface area contributed by atoms with Gasteiger partial charge >= 0.3 is 0 Å². The first-order chi connectivity index (χ1) is 7.35. The largest absolute Gasteiger partial charge is 0.496 e. The molecule has 1 unspecified atom stereocenters. The molecule has 1 heterocycles. The maximum absolute atomic E-state index is 5.46. The lowest BCUT2D eigenvalue weighted by Crippen LogP contribution is -2.13. The quantitative estimate of drug-likeness (QED) is 0.806. The summed E-state index contributed by atoms with van der Waals surface area (Å²) in [6.45, 7) is 0.901. The number of hydrogen-bond donors (Lipinski definition) is 1. The molecule has 1 aromatic carbocycles. The van der Waals surface area contributed by atoms with E-state index in [1.165, 1.54) is 0 Å². The first kappa shape index (κ1) is 9.98. The van der Waals surface area contributed by atoms with E-state index in [-0.39, 0.29) is 6.04 Å². The zero-order valence-electron chi connectivity index (χ0n) is 8.64. The number of benzene rings is 1. The molecule has 2 N–H and O–H groups in total. The van der Waals surface area contributed by atoms with Crippen LogP contribution in [0.3, 0.4) is 0 Å². The third-order valence-corrected chi connectivity index (χ3v) is 2.38. The molecule has 0 fully saturated rings. The minimum Gasteiger partial charge on any atom is -0.496 e. The molecule has 1 aliphatic heterocycles. The summed E-state index contributed by atoms with van der Waals surface area (Å²) in [5, 5.41) is 0. The van der Waals surface area contributed by atoms with Crippen LogP contribution in [0.2, 0.25) is 0 Å². The van der Waals surface area contributed by atoms with Crippen LogP contribution in [0.25, 0.3) is 0 Å². The lowest BCUT2D eigenvalue weighted by Gasteiger charge is -2.10. The Balaban J connectivity index is 2.27. The Kier molecular flexibility index (Phi) is 2.87. The molecule has 0 spiro atoms. The number of hydrogen-bond acceptors (Lipinski definition) is 4. The molecule has 1 aromatic rings. The normalized spacial score (nSPS) is 19.6. The van der Waals surface area contributed by atoms with Gasteiger partial charge in [0.25, 0.3) is 0 Å². The van der Waals surface area contributed by atoms with E-state index in [1.807, 2.05) is 24.3 Å². The average Bonchev–Trinajstić information content (AvgIpc) is 2.77. The number of para-hydroxylation sites is 1. The first-order valence-corrected chi connectivity index (χ1v) is 4.87. The molecule has 1 aliphatic rings. The maximum Gasteiger partial charge on any atom is 0.198 e. The fourth-order valence-corrected chi connectivity index (χ4v) is 1.64. The van der Waals surface area contributed by atoms with E-state index in [2.05, 4.69) is 4.99 Å². The number of nitrogens with zero attached hydrogens (tertiary/aromatic N) is 1. The van der Waals surface area contributed by atoms with Crippen molar-refractivity contribution in [2.24, 2.45) is 10.7 Å². The van der Waals surface area contributed by atoms with E-state index in [0.717, 1.165) is 11.3 Å². The lowest BCUT2D eigenvalue weighted by molar-refractivity contribution is 0.310. The van der Waals surface area contributed by atoms with Gasteiger partial charge in [0.15, 0.2) is 5.90 Å². The second kappa shape index (κ2) is 4.31. The highest BCUT2D eigenvalue weighted by Crippen LogP contribution is 2.30. The fourth-order valence-electron chi connectivity index (χ4n) is 1.64. The Hall–Kier alpha value is -1.55. The molecule has 0 saturated carbocycles. The SMILES string of the molecule is COc1ccccc1C1COC(CN)=N1. The molecular weight excluding hydrogens is 192 g/mol. The Morgan fingerprint density at radius 3 is 3.00 bits per heavy atom. The van der Waals surface area contributed by atoms with E-state index >= 15 is 0 Å². The molecule has 4 nitrogen and oxygen atoms in total. The molecule has 0 aromatic heterocycles. The van der Waals surface area contributed by atoms with E-state index in [0.29, 0.717) is 19.0 Å². The van der Waals surface area contributed by atoms with Crippen LogP contribution in [-0.2, 0) is 4.74 Å². The van der Waals surface area contributed by atoms with Crippen LogP contribution in [0.4, 0.5) is 0 Å². The monoisotopic (exact) mass is 206 g/mol. The van der Waals surface area contributed by atoms with Gasteiger partial charge in [-0.15, -0.1) is 0 Å². The highest BCUT2D eigenvalue weighted by atomic mass is 16.5. The Morgan fingerprint density at radius 2 is 2.33 bits per heavy atom. The molecule has 80 valence electrons. The van der Waals surface area contributed by atoms with Crippen molar-refractivity contribution >= 4 is 5.90 Å². The Labute approximate surface area is 88.7 Å². The zero-order chi connectivity index (χ0) is 10.7. The summed E-state index contributed by atoms with van der Waals surface area (Å²) in [6.07, 6.45) is 0. The molecule has 15 heavy (non-hydrogen) atoms. The maximum atomic E-state index is 5.46. The van der Waals surface area contributed by atoms with Gasteiger partial charge in [-0.1, -0.05) is 18.2 Å². The van der Waals surface area contributed by atoms with E-state index in [1.54, 1.807) is 7.11 Å². The highest BCUT2D eigenvalue weighted by Gasteiger charge is 2.22. The Bertz CT molecular complexity index is 377. The third kappa shape index (κ3) is 1.94. The van der Waals surface area contributed by atoms with Crippen LogP contribution in [0.5, 0.6) is 5.75 Å². The smallest absolute Gasteiger partial charge is 0.198 e. The van der Waals surface area contributed by atoms with Crippen LogP contribution in [0.15, 0.2) is 29.3 Å². The summed E-state index contributed by atoms with van der Waals surface area (Å²) in [6, 6.07) is 7.83. The van der Waals surface area contributed by atoms with E-state index < -0.39 is 0 Å². The van der Waals surface area contributed by atoms with Crippen LogP contribution in [0, 0.1) is 0 Å². The van der Waals surface area contributed by atoms with Gasteiger partial charge in [0, 0.05) is 5.56 Å². The van der Waals surface area contributed by atoms with Crippen molar-refractivity contribution in [3.8, 4) is 5.75 Å². The van der Waals surface area contributed by atoms with E-state index in [9.17, 15) is 0 Å². The number of nitrogens with two attached hydrogens (primary N) is 1. The van der Waals surface area contributed by atoms with Gasteiger partial charge in [-0.3, -0.25) is 0 Å². The molecule has 0 bridgehead atoms. The molecule has 0 amide bonds. The minimum absolute atomic E-state index is 0.0136. The number of ether oxygens (including phenoxy) is 2. The molecule has 0 radical (unpaired) electrons. The second-order valence-corrected chi connectivity index (χ2v) is 3.30. The van der Waals surface area contributed by atoms with Crippen molar-refractivity contribution in [3.05, 3.63) is 29.8 Å². The van der Waals surface area contributed by atoms with Crippen molar-refractivity contribution in [1.82, 2.24) is 0 Å².